The lowest BCUT2D eigenvalue weighted by Gasteiger charge is -2.11. The van der Waals surface area contributed by atoms with Crippen LogP contribution in [0.1, 0.15) is 15.9 Å². The lowest BCUT2D eigenvalue weighted by molar-refractivity contribution is 0.102. The van der Waals surface area contributed by atoms with E-state index in [1.807, 2.05) is 97.9 Å². The Morgan fingerprint density at radius 2 is 1.59 bits per heavy atom. The van der Waals surface area contributed by atoms with Gasteiger partial charge in [0.15, 0.2) is 5.65 Å². The molecule has 8 heteroatoms. The lowest BCUT2D eigenvalue weighted by Crippen LogP contribution is -2.14. The van der Waals surface area contributed by atoms with Gasteiger partial charge in [-0.05, 0) is 42.0 Å². The number of anilines is 3. The van der Waals surface area contributed by atoms with Crippen LogP contribution in [0.15, 0.2) is 84.0 Å². The van der Waals surface area contributed by atoms with E-state index in [1.165, 1.54) is 4.68 Å². The van der Waals surface area contributed by atoms with Gasteiger partial charge in [0, 0.05) is 25.5 Å². The molecule has 0 atom stereocenters. The molecule has 0 unspecified atom stereocenters. The molecule has 5 rings (SSSR count). The van der Waals surface area contributed by atoms with Crippen LogP contribution in [0, 0.1) is 0 Å². The van der Waals surface area contributed by atoms with E-state index >= 15 is 0 Å². The van der Waals surface area contributed by atoms with E-state index in [9.17, 15) is 4.79 Å². The number of nitrogens with two attached hydrogens (primary N) is 1. The van der Waals surface area contributed by atoms with Gasteiger partial charge in [-0.2, -0.15) is 9.78 Å². The first-order valence-corrected chi connectivity index (χ1v) is 10.8. The molecule has 2 aromatic heterocycles. The number of amides is 1. The zero-order valence-electron chi connectivity index (χ0n) is 18.8. The summed E-state index contributed by atoms with van der Waals surface area (Å²) in [4.78, 5) is 24.7. The molecule has 0 saturated heterocycles. The molecular formula is C26H23N7O. The zero-order valence-corrected chi connectivity index (χ0v) is 18.8. The van der Waals surface area contributed by atoms with Gasteiger partial charge in [-0.25, -0.2) is 9.97 Å². The number of hydrogen-bond donors (Lipinski definition) is 2. The van der Waals surface area contributed by atoms with Crippen molar-refractivity contribution in [2.24, 2.45) is 5.10 Å². The molecule has 3 aromatic carbocycles. The van der Waals surface area contributed by atoms with E-state index in [2.05, 4.69) is 10.4 Å². The van der Waals surface area contributed by atoms with Crippen molar-refractivity contribution in [3.05, 3.63) is 90.0 Å². The Labute approximate surface area is 196 Å². The molecule has 0 spiro atoms. The predicted octanol–water partition coefficient (Wildman–Crippen LogP) is 4.37. The largest absolute Gasteiger partial charge is 0.383 e. The van der Waals surface area contributed by atoms with E-state index in [4.69, 9.17) is 15.7 Å². The fourth-order valence-corrected chi connectivity index (χ4v) is 3.69. The van der Waals surface area contributed by atoms with E-state index in [-0.39, 0.29) is 17.3 Å². The third kappa shape index (κ3) is 3.93. The highest BCUT2D eigenvalue weighted by molar-refractivity contribution is 6.16. The number of benzene rings is 3. The molecule has 0 aliphatic heterocycles. The van der Waals surface area contributed by atoms with Crippen molar-refractivity contribution >= 4 is 51.5 Å². The van der Waals surface area contributed by atoms with Gasteiger partial charge in [-0.3, -0.25) is 4.79 Å². The number of fused-ring (bicyclic) bond motifs is 2. The quantitative estimate of drug-likeness (QED) is 0.388. The van der Waals surface area contributed by atoms with Crippen molar-refractivity contribution < 1.29 is 4.79 Å². The van der Waals surface area contributed by atoms with Gasteiger partial charge in [0.05, 0.1) is 17.2 Å². The summed E-state index contributed by atoms with van der Waals surface area (Å²) >= 11 is 0. The molecule has 3 N–H and O–H groups in total. The third-order valence-electron chi connectivity index (χ3n) is 5.46. The van der Waals surface area contributed by atoms with Gasteiger partial charge >= 0.3 is 0 Å². The number of nitrogens with one attached hydrogen (secondary N) is 1. The second-order valence-electron chi connectivity index (χ2n) is 8.01. The molecule has 0 fully saturated rings. The van der Waals surface area contributed by atoms with Crippen molar-refractivity contribution in [3.8, 4) is 0 Å². The predicted molar refractivity (Wildman–Crippen MR) is 138 cm³/mol. The monoisotopic (exact) mass is 449 g/mol. The molecule has 0 aliphatic carbocycles. The normalized spacial score (nSPS) is 11.4. The molecular weight excluding hydrogens is 426 g/mol. The van der Waals surface area contributed by atoms with Crippen LogP contribution in [0.4, 0.5) is 17.2 Å². The van der Waals surface area contributed by atoms with Crippen molar-refractivity contribution in [1.29, 1.82) is 0 Å². The Bertz CT molecular complexity index is 1520. The third-order valence-corrected chi connectivity index (χ3v) is 5.46. The highest BCUT2D eigenvalue weighted by atomic mass is 16.1. The van der Waals surface area contributed by atoms with Crippen molar-refractivity contribution in [2.75, 3.05) is 30.0 Å². The highest BCUT2D eigenvalue weighted by Crippen LogP contribution is 2.28. The van der Waals surface area contributed by atoms with Crippen LogP contribution in [0.2, 0.25) is 0 Å². The second kappa shape index (κ2) is 8.67. The number of carbonyl (C=O) groups is 1. The van der Waals surface area contributed by atoms with Gasteiger partial charge in [-0.15, -0.1) is 0 Å². The lowest BCUT2D eigenvalue weighted by atomic mass is 10.2. The SMILES string of the molecule is CN(C)c1ccc(C=Nn2c(N)c(C(=O)Nc3ccccc3)c3nc4ccccc4nc32)cc1. The number of carbonyl (C=O) groups excluding carboxylic acids is 1. The molecule has 5 aromatic rings. The van der Waals surface area contributed by atoms with E-state index in [1.54, 1.807) is 6.21 Å². The average molecular weight is 450 g/mol. The summed E-state index contributed by atoms with van der Waals surface area (Å²) in [7, 11) is 3.97. The first kappa shape index (κ1) is 21.1. The molecule has 0 aliphatic rings. The highest BCUT2D eigenvalue weighted by Gasteiger charge is 2.24. The van der Waals surface area contributed by atoms with Crippen LogP contribution >= 0.6 is 0 Å². The number of hydrogen-bond acceptors (Lipinski definition) is 6. The minimum Gasteiger partial charge on any atom is -0.383 e. The fraction of sp³-hybridized carbons (Fsp3) is 0.0769. The van der Waals surface area contributed by atoms with Gasteiger partial charge in [-0.1, -0.05) is 42.5 Å². The summed E-state index contributed by atoms with van der Waals surface area (Å²) in [6.07, 6.45) is 1.69. The molecule has 168 valence electrons. The van der Waals surface area contributed by atoms with Crippen molar-refractivity contribution in [1.82, 2.24) is 14.6 Å². The average Bonchev–Trinajstić information content (AvgIpc) is 3.12. The van der Waals surface area contributed by atoms with Gasteiger partial charge in [0.2, 0.25) is 0 Å². The first-order valence-electron chi connectivity index (χ1n) is 10.8. The number of nitrogens with zero attached hydrogens (tertiary/aromatic N) is 5. The van der Waals surface area contributed by atoms with E-state index in [0.29, 0.717) is 27.9 Å². The zero-order chi connectivity index (χ0) is 23.7. The number of rotatable bonds is 5. The van der Waals surface area contributed by atoms with E-state index in [0.717, 1.165) is 11.3 Å². The Balaban J connectivity index is 1.62. The number of aromatic nitrogens is 3. The van der Waals surface area contributed by atoms with Crippen molar-refractivity contribution in [3.63, 3.8) is 0 Å². The minimum atomic E-state index is -0.373. The summed E-state index contributed by atoms with van der Waals surface area (Å²) in [5.74, 6) is -0.206. The van der Waals surface area contributed by atoms with Crippen LogP contribution in [0.5, 0.6) is 0 Å². The summed E-state index contributed by atoms with van der Waals surface area (Å²) in [6.45, 7) is 0. The standard InChI is InChI=1S/C26H23N7O/c1-32(2)19-14-12-17(13-15-19)16-28-33-24(27)22(26(34)29-18-8-4-3-5-9-18)23-25(33)31-21-11-7-6-10-20(21)30-23/h3-16H,27H2,1-2H3,(H,29,34). The summed E-state index contributed by atoms with van der Waals surface area (Å²) in [5, 5.41) is 7.45. The maximum absolute atomic E-state index is 13.2. The Hall–Kier alpha value is -4.72. The van der Waals surface area contributed by atoms with Gasteiger partial charge in [0.25, 0.3) is 5.91 Å². The minimum absolute atomic E-state index is 0.167. The summed E-state index contributed by atoms with van der Waals surface area (Å²) < 4.78 is 1.47. The Morgan fingerprint density at radius 3 is 2.26 bits per heavy atom. The maximum atomic E-state index is 13.2. The number of para-hydroxylation sites is 3. The molecule has 2 heterocycles. The molecule has 0 radical (unpaired) electrons. The topological polar surface area (TPSA) is 101 Å². The van der Waals surface area contributed by atoms with Crippen molar-refractivity contribution in [2.45, 2.75) is 0 Å². The van der Waals surface area contributed by atoms with Crippen LogP contribution in [0.25, 0.3) is 22.2 Å². The fourth-order valence-electron chi connectivity index (χ4n) is 3.69. The van der Waals surface area contributed by atoms with Gasteiger partial charge < -0.3 is 16.0 Å². The van der Waals surface area contributed by atoms with Crippen LogP contribution in [-0.2, 0) is 0 Å². The summed E-state index contributed by atoms with van der Waals surface area (Å²) in [6, 6.07) is 24.6. The number of nitrogen functional groups attached to an aromatic ring is 1. The Morgan fingerprint density at radius 1 is 0.941 bits per heavy atom. The van der Waals surface area contributed by atoms with E-state index < -0.39 is 0 Å². The van der Waals surface area contributed by atoms with Gasteiger partial charge in [0.1, 0.15) is 16.9 Å². The molecule has 34 heavy (non-hydrogen) atoms. The second-order valence-corrected chi connectivity index (χ2v) is 8.01. The smallest absolute Gasteiger partial charge is 0.261 e. The molecule has 8 nitrogen and oxygen atoms in total. The molecule has 0 bridgehead atoms. The van der Waals surface area contributed by atoms with Crippen LogP contribution in [0.3, 0.4) is 0 Å². The molecule has 0 saturated carbocycles. The Kier molecular flexibility index (Phi) is 5.39. The first-order chi connectivity index (χ1) is 16.5. The maximum Gasteiger partial charge on any atom is 0.261 e. The van der Waals surface area contributed by atoms with Crippen LogP contribution < -0.4 is 16.0 Å². The van der Waals surface area contributed by atoms with Crippen LogP contribution in [-0.4, -0.2) is 40.9 Å². The summed E-state index contributed by atoms with van der Waals surface area (Å²) in [5.41, 5.74) is 11.5. The molecule has 1 amide bonds.